The van der Waals surface area contributed by atoms with E-state index in [4.69, 9.17) is 9.47 Å². The summed E-state index contributed by atoms with van der Waals surface area (Å²) in [6, 6.07) is 19.9. The molecule has 0 aliphatic heterocycles. The Kier molecular flexibility index (Phi) is 22.4. The summed E-state index contributed by atoms with van der Waals surface area (Å²) < 4.78 is 23.4. The predicted molar refractivity (Wildman–Crippen MR) is 261 cm³/mol. The highest BCUT2D eigenvalue weighted by Crippen LogP contribution is 2.46. The van der Waals surface area contributed by atoms with Gasteiger partial charge in [-0.05, 0) is 79.3 Å². The number of aromatic nitrogens is 2. The Hall–Kier alpha value is -2.74. The van der Waals surface area contributed by atoms with Gasteiger partial charge in [0.15, 0.2) is 0 Å². The Morgan fingerprint density at radius 3 is 1.46 bits per heavy atom. The molecular formula is C52H76N2O2S3. The molecule has 3 aromatic heterocycles. The van der Waals surface area contributed by atoms with Crippen LogP contribution in [0, 0.1) is 11.8 Å². The van der Waals surface area contributed by atoms with Crippen molar-refractivity contribution in [3.05, 3.63) is 60.0 Å². The zero-order valence-corrected chi connectivity index (χ0v) is 39.7. The van der Waals surface area contributed by atoms with Crippen molar-refractivity contribution in [3.8, 4) is 42.8 Å². The molecule has 0 N–H and O–H groups in total. The van der Waals surface area contributed by atoms with Crippen LogP contribution in [0.25, 0.3) is 42.4 Å². The van der Waals surface area contributed by atoms with E-state index >= 15 is 0 Å². The van der Waals surface area contributed by atoms with E-state index in [-0.39, 0.29) is 0 Å². The first-order valence-electron chi connectivity index (χ1n) is 23.9. The Bertz CT molecular complexity index is 1830. The average Bonchev–Trinajstić information content (AvgIpc) is 4.07. The van der Waals surface area contributed by atoms with Crippen molar-refractivity contribution in [1.29, 1.82) is 0 Å². The first-order valence-corrected chi connectivity index (χ1v) is 26.4. The van der Waals surface area contributed by atoms with E-state index in [0.717, 1.165) is 52.4 Å². The number of thiophene rings is 2. The SMILES string of the molecule is CCCCCCCCC(CCCCCC)COc1cc(-c2ccc(-c3cccc4nsnc34)s2)c(OCC(CCCCCC)CCCCCCCC)cc1-c1cccs1. The van der Waals surface area contributed by atoms with Gasteiger partial charge in [0.1, 0.15) is 22.5 Å². The molecule has 3 heterocycles. The van der Waals surface area contributed by atoms with E-state index in [0.29, 0.717) is 11.8 Å². The summed E-state index contributed by atoms with van der Waals surface area (Å²) in [5.74, 6) is 3.10. The van der Waals surface area contributed by atoms with Gasteiger partial charge < -0.3 is 9.47 Å². The fraction of sp³-hybridized carbons (Fsp3) is 0.615. The third kappa shape index (κ3) is 15.9. The molecule has 2 unspecified atom stereocenters. The Morgan fingerprint density at radius 1 is 0.475 bits per heavy atom. The van der Waals surface area contributed by atoms with Gasteiger partial charge in [0.05, 0.1) is 24.9 Å². The summed E-state index contributed by atoms with van der Waals surface area (Å²) in [4.78, 5) is 3.65. The fourth-order valence-electron chi connectivity index (χ4n) is 8.43. The van der Waals surface area contributed by atoms with E-state index < -0.39 is 0 Å². The second-order valence-corrected chi connectivity index (χ2v) is 19.6. The molecule has 0 amide bonds. The molecular weight excluding hydrogens is 781 g/mol. The van der Waals surface area contributed by atoms with E-state index in [1.54, 1.807) is 11.3 Å². The molecule has 0 spiro atoms. The number of hydrogen-bond acceptors (Lipinski definition) is 7. The quantitative estimate of drug-likeness (QED) is 0.0394. The van der Waals surface area contributed by atoms with Gasteiger partial charge in [-0.25, -0.2) is 0 Å². The monoisotopic (exact) mass is 857 g/mol. The smallest absolute Gasteiger partial charge is 0.128 e. The van der Waals surface area contributed by atoms with Crippen LogP contribution < -0.4 is 9.47 Å². The van der Waals surface area contributed by atoms with Crippen LogP contribution in [0.15, 0.2) is 60.0 Å². The molecule has 0 radical (unpaired) electrons. The standard InChI is InChI=1S/C52H76N2O2S3/c1-5-9-13-17-19-23-29-41(27-21-15-11-7-3)39-55-47-38-45(51-35-34-50(58-51)43-31-25-32-46-52(43)54-59-53-46)48(37-44(47)49-33-26-36-57-49)56-40-42(28-22-16-12-8-4)30-24-20-18-14-10-6-2/h25-26,31-38,41-42H,5-24,27-30,39-40H2,1-4H3. The number of nitrogens with zero attached hydrogens (tertiary/aromatic N) is 2. The third-order valence-corrected chi connectivity index (χ3v) is 14.7. The summed E-state index contributed by atoms with van der Waals surface area (Å²) in [7, 11) is 0. The first kappa shape index (κ1) is 47.3. The minimum absolute atomic E-state index is 0.566. The lowest BCUT2D eigenvalue weighted by molar-refractivity contribution is 0.220. The maximum absolute atomic E-state index is 7.10. The number of ether oxygens (including phenoxy) is 2. The number of rotatable bonds is 33. The molecule has 0 saturated carbocycles. The second-order valence-electron chi connectivity index (χ2n) is 17.1. The van der Waals surface area contributed by atoms with Gasteiger partial charge in [-0.2, -0.15) is 8.75 Å². The highest BCUT2D eigenvalue weighted by Gasteiger charge is 2.21. The summed E-state index contributed by atoms with van der Waals surface area (Å²) in [6.45, 7) is 10.8. The molecule has 0 bridgehead atoms. The lowest BCUT2D eigenvalue weighted by atomic mass is 9.94. The molecule has 0 saturated heterocycles. The molecule has 59 heavy (non-hydrogen) atoms. The van der Waals surface area contributed by atoms with Crippen molar-refractivity contribution in [1.82, 2.24) is 8.75 Å². The van der Waals surface area contributed by atoms with Crippen LogP contribution in [0.2, 0.25) is 0 Å². The first-order chi connectivity index (χ1) is 29.1. The molecule has 324 valence electrons. The predicted octanol–water partition coefficient (Wildman–Crippen LogP) is 18.2. The van der Waals surface area contributed by atoms with Gasteiger partial charge in [-0.15, -0.1) is 22.7 Å². The number of benzene rings is 2. The molecule has 4 nitrogen and oxygen atoms in total. The molecule has 5 aromatic rings. The number of unbranched alkanes of at least 4 members (excludes halogenated alkanes) is 16. The van der Waals surface area contributed by atoms with Gasteiger partial charge in [0.25, 0.3) is 0 Å². The van der Waals surface area contributed by atoms with Crippen LogP contribution in [0.5, 0.6) is 11.5 Å². The highest BCUT2D eigenvalue weighted by molar-refractivity contribution is 7.19. The van der Waals surface area contributed by atoms with Crippen LogP contribution in [0.3, 0.4) is 0 Å². The van der Waals surface area contributed by atoms with Crippen LogP contribution in [-0.2, 0) is 0 Å². The fourth-order valence-corrected chi connectivity index (χ4v) is 10.8. The van der Waals surface area contributed by atoms with Gasteiger partial charge in [0.2, 0.25) is 0 Å². The van der Waals surface area contributed by atoms with E-state index in [2.05, 4.69) is 96.4 Å². The van der Waals surface area contributed by atoms with Crippen molar-refractivity contribution < 1.29 is 9.47 Å². The lowest BCUT2D eigenvalue weighted by Gasteiger charge is -2.22. The normalized spacial score (nSPS) is 12.7. The van der Waals surface area contributed by atoms with Crippen molar-refractivity contribution in [2.24, 2.45) is 11.8 Å². The summed E-state index contributed by atoms with van der Waals surface area (Å²) in [5, 5.41) is 2.19. The Balaban J connectivity index is 1.44. The van der Waals surface area contributed by atoms with Gasteiger partial charge in [-0.1, -0.05) is 174 Å². The molecule has 7 heteroatoms. The lowest BCUT2D eigenvalue weighted by Crippen LogP contribution is -2.14. The van der Waals surface area contributed by atoms with Gasteiger partial charge in [-0.3, -0.25) is 0 Å². The van der Waals surface area contributed by atoms with Crippen molar-refractivity contribution >= 4 is 45.4 Å². The molecule has 0 aliphatic rings. The zero-order valence-electron chi connectivity index (χ0n) is 37.2. The third-order valence-electron chi connectivity index (χ3n) is 12.1. The van der Waals surface area contributed by atoms with Crippen molar-refractivity contribution in [3.63, 3.8) is 0 Å². The second kappa shape index (κ2) is 28.0. The molecule has 2 aromatic carbocycles. The maximum atomic E-state index is 7.10. The number of hydrogen-bond donors (Lipinski definition) is 0. The minimum Gasteiger partial charge on any atom is -0.493 e. The summed E-state index contributed by atoms with van der Waals surface area (Å²) >= 11 is 4.91. The van der Waals surface area contributed by atoms with E-state index in [9.17, 15) is 0 Å². The summed E-state index contributed by atoms with van der Waals surface area (Å²) in [5.41, 5.74) is 5.39. The summed E-state index contributed by atoms with van der Waals surface area (Å²) in [6.07, 6.45) is 31.5. The highest BCUT2D eigenvalue weighted by atomic mass is 32.1. The van der Waals surface area contributed by atoms with Crippen LogP contribution in [-0.4, -0.2) is 22.0 Å². The zero-order chi connectivity index (χ0) is 41.3. The van der Waals surface area contributed by atoms with Crippen molar-refractivity contribution in [2.45, 2.75) is 182 Å². The maximum Gasteiger partial charge on any atom is 0.128 e. The average molecular weight is 857 g/mol. The molecule has 5 rings (SSSR count). The molecule has 2 atom stereocenters. The molecule has 0 aliphatic carbocycles. The topological polar surface area (TPSA) is 44.2 Å². The van der Waals surface area contributed by atoms with Crippen molar-refractivity contribution in [2.75, 3.05) is 13.2 Å². The van der Waals surface area contributed by atoms with E-state index in [1.807, 2.05) is 11.3 Å². The van der Waals surface area contributed by atoms with Gasteiger partial charge >= 0.3 is 0 Å². The van der Waals surface area contributed by atoms with Gasteiger partial charge in [0, 0.05) is 31.3 Å². The van der Waals surface area contributed by atoms with Crippen LogP contribution in [0.4, 0.5) is 0 Å². The van der Waals surface area contributed by atoms with Crippen LogP contribution in [0.1, 0.15) is 182 Å². The van der Waals surface area contributed by atoms with E-state index in [1.165, 1.54) is 180 Å². The Morgan fingerprint density at radius 2 is 0.949 bits per heavy atom. The van der Waals surface area contributed by atoms with Crippen LogP contribution >= 0.6 is 34.4 Å². The Labute approximate surface area is 371 Å². The minimum atomic E-state index is 0.566. The largest absolute Gasteiger partial charge is 0.493 e. The number of fused-ring (bicyclic) bond motifs is 1. The molecule has 0 fully saturated rings.